The lowest BCUT2D eigenvalue weighted by Gasteiger charge is -2.35. The van der Waals surface area contributed by atoms with Crippen LogP contribution in [0.25, 0.3) is 0 Å². The first-order chi connectivity index (χ1) is 10.4. The van der Waals surface area contributed by atoms with Crippen LogP contribution in [0.4, 0.5) is 5.69 Å². The van der Waals surface area contributed by atoms with Crippen LogP contribution in [0.15, 0.2) is 24.3 Å². The molecule has 1 aromatic carbocycles. The summed E-state index contributed by atoms with van der Waals surface area (Å²) in [7, 11) is 0. The summed E-state index contributed by atoms with van der Waals surface area (Å²) in [6.45, 7) is 8.91. The quantitative estimate of drug-likeness (QED) is 0.494. The third kappa shape index (κ3) is 3.58. The summed E-state index contributed by atoms with van der Waals surface area (Å²) in [5, 5.41) is 25.1. The molecule has 1 saturated heterocycles. The lowest BCUT2D eigenvalue weighted by atomic mass is 9.95. The first kappa shape index (κ1) is 16.7. The van der Waals surface area contributed by atoms with E-state index in [1.165, 1.54) is 12.1 Å². The molecule has 1 fully saturated rings. The van der Waals surface area contributed by atoms with Gasteiger partial charge in [-0.15, -0.1) is 6.58 Å². The highest BCUT2D eigenvalue weighted by Crippen LogP contribution is 2.42. The van der Waals surface area contributed by atoms with Gasteiger partial charge in [-0.05, 0) is 19.4 Å². The average molecular weight is 326 g/mol. The number of nitrogens with zero attached hydrogens (tertiary/aromatic N) is 2. The molecule has 120 valence electrons. The molecule has 0 radical (unpaired) electrons. The molecule has 22 heavy (non-hydrogen) atoms. The Morgan fingerprint density at radius 3 is 2.73 bits per heavy atom. The Balaban J connectivity index is 2.52. The minimum Gasteiger partial charge on any atom is -0.506 e. The zero-order valence-corrected chi connectivity index (χ0v) is 13.3. The fraction of sp³-hybridized carbons (Fsp3) is 0.467. The van der Waals surface area contributed by atoms with Crippen molar-refractivity contribution >= 4 is 17.3 Å². The van der Waals surface area contributed by atoms with E-state index in [2.05, 4.69) is 16.8 Å². The lowest BCUT2D eigenvalue weighted by molar-refractivity contribution is -0.386. The number of hydrogen-bond donors (Lipinski definition) is 2. The Bertz CT molecular complexity index is 586. The molecule has 6 nitrogen and oxygen atoms in total. The van der Waals surface area contributed by atoms with Gasteiger partial charge in [-0.1, -0.05) is 17.2 Å². The summed E-state index contributed by atoms with van der Waals surface area (Å²) in [4.78, 5) is 13.0. The standard InChI is InChI=1S/C15H20ClN3O3/c1-10(2)9-13(18-7-5-17-6-8-18)14-12(19(21)22)4-3-11(16)15(14)20/h3-4,13,17,20H,1,5-9H2,2H3/t13-/m1/s1. The monoisotopic (exact) mass is 325 g/mol. The minimum absolute atomic E-state index is 0.105. The van der Waals surface area contributed by atoms with Crippen molar-refractivity contribution in [2.24, 2.45) is 0 Å². The van der Waals surface area contributed by atoms with Crippen molar-refractivity contribution in [3.63, 3.8) is 0 Å². The van der Waals surface area contributed by atoms with Gasteiger partial charge < -0.3 is 10.4 Å². The zero-order chi connectivity index (χ0) is 16.3. The smallest absolute Gasteiger partial charge is 0.278 e. The Hall–Kier alpha value is -1.63. The van der Waals surface area contributed by atoms with Crippen LogP contribution in [-0.2, 0) is 0 Å². The highest BCUT2D eigenvalue weighted by atomic mass is 35.5. The summed E-state index contributed by atoms with van der Waals surface area (Å²) in [5.74, 6) is -0.208. The van der Waals surface area contributed by atoms with Gasteiger partial charge in [0.25, 0.3) is 5.69 Å². The van der Waals surface area contributed by atoms with Crippen LogP contribution >= 0.6 is 11.6 Å². The molecule has 1 atom stereocenters. The molecule has 0 bridgehead atoms. The minimum atomic E-state index is -0.473. The van der Waals surface area contributed by atoms with Gasteiger partial charge in [-0.3, -0.25) is 15.0 Å². The number of hydrogen-bond acceptors (Lipinski definition) is 5. The normalized spacial score (nSPS) is 17.2. The molecule has 1 aromatic rings. The molecule has 0 aliphatic carbocycles. The first-order valence-electron chi connectivity index (χ1n) is 7.16. The van der Waals surface area contributed by atoms with Gasteiger partial charge in [0, 0.05) is 38.3 Å². The first-order valence-corrected chi connectivity index (χ1v) is 7.54. The van der Waals surface area contributed by atoms with E-state index in [0.29, 0.717) is 6.42 Å². The van der Waals surface area contributed by atoms with E-state index in [1.54, 1.807) is 0 Å². The second kappa shape index (κ2) is 7.09. The number of benzene rings is 1. The molecular weight excluding hydrogens is 306 g/mol. The number of aromatic hydroxyl groups is 1. The summed E-state index contributed by atoms with van der Waals surface area (Å²) in [6.07, 6.45) is 0.536. The number of rotatable bonds is 5. The van der Waals surface area contributed by atoms with Crippen molar-refractivity contribution in [1.82, 2.24) is 10.2 Å². The maximum Gasteiger partial charge on any atom is 0.278 e. The van der Waals surface area contributed by atoms with Gasteiger partial charge in [0.1, 0.15) is 5.75 Å². The van der Waals surface area contributed by atoms with Crippen molar-refractivity contribution in [3.8, 4) is 5.75 Å². The maximum absolute atomic E-state index is 11.4. The number of phenols is 1. The molecule has 2 rings (SSSR count). The van der Waals surface area contributed by atoms with Gasteiger partial charge in [0.15, 0.2) is 0 Å². The molecule has 1 heterocycles. The maximum atomic E-state index is 11.4. The van der Waals surface area contributed by atoms with Gasteiger partial charge in [-0.25, -0.2) is 0 Å². The lowest BCUT2D eigenvalue weighted by Crippen LogP contribution is -2.45. The molecule has 1 aliphatic heterocycles. The van der Waals surface area contributed by atoms with Crippen molar-refractivity contribution in [3.05, 3.63) is 45.0 Å². The Labute approximate surface area is 134 Å². The van der Waals surface area contributed by atoms with Crippen molar-refractivity contribution < 1.29 is 10.0 Å². The second-order valence-corrected chi connectivity index (χ2v) is 5.96. The van der Waals surface area contributed by atoms with Crippen LogP contribution in [0, 0.1) is 10.1 Å². The third-order valence-electron chi connectivity index (χ3n) is 3.81. The fourth-order valence-corrected chi connectivity index (χ4v) is 2.96. The number of nitrogens with one attached hydrogen (secondary N) is 1. The number of phenolic OH excluding ortho intramolecular Hbond substituents is 1. The predicted octanol–water partition coefficient (Wildman–Crippen LogP) is 2.87. The SMILES string of the molecule is C=C(C)C[C@H](c1c([N+](=O)[O-])ccc(Cl)c1O)N1CCNCC1. The molecule has 0 unspecified atom stereocenters. The Kier molecular flexibility index (Phi) is 5.39. The second-order valence-electron chi connectivity index (χ2n) is 5.55. The average Bonchev–Trinajstić information content (AvgIpc) is 2.48. The van der Waals surface area contributed by atoms with E-state index in [9.17, 15) is 15.2 Å². The Morgan fingerprint density at radius 2 is 2.18 bits per heavy atom. The van der Waals surface area contributed by atoms with Crippen molar-refractivity contribution in [2.45, 2.75) is 19.4 Å². The number of nitro groups is 1. The summed E-state index contributed by atoms with van der Waals surface area (Å²) in [5.41, 5.74) is 1.08. The number of halogens is 1. The topological polar surface area (TPSA) is 78.6 Å². The molecule has 0 amide bonds. The molecule has 0 saturated carbocycles. The van der Waals surface area contributed by atoms with Crippen molar-refractivity contribution in [2.75, 3.05) is 26.2 Å². The summed E-state index contributed by atoms with van der Waals surface area (Å²) >= 11 is 5.98. The molecular formula is C15H20ClN3O3. The summed E-state index contributed by atoms with van der Waals surface area (Å²) in [6, 6.07) is 2.40. The van der Waals surface area contributed by atoms with Gasteiger partial charge in [0.05, 0.1) is 15.5 Å². The third-order valence-corrected chi connectivity index (χ3v) is 4.11. The van der Waals surface area contributed by atoms with Crippen LogP contribution < -0.4 is 5.32 Å². The van der Waals surface area contributed by atoms with E-state index in [0.717, 1.165) is 31.8 Å². The van der Waals surface area contributed by atoms with E-state index >= 15 is 0 Å². The Morgan fingerprint density at radius 1 is 1.55 bits per heavy atom. The van der Waals surface area contributed by atoms with E-state index in [1.807, 2.05) is 6.92 Å². The van der Waals surface area contributed by atoms with Gasteiger partial charge in [-0.2, -0.15) is 0 Å². The molecule has 7 heteroatoms. The fourth-order valence-electron chi connectivity index (χ4n) is 2.80. The molecule has 1 aliphatic rings. The predicted molar refractivity (Wildman–Crippen MR) is 86.4 cm³/mol. The molecule has 2 N–H and O–H groups in total. The highest BCUT2D eigenvalue weighted by molar-refractivity contribution is 6.32. The molecule has 0 spiro atoms. The van der Waals surface area contributed by atoms with Crippen LogP contribution in [0.3, 0.4) is 0 Å². The van der Waals surface area contributed by atoms with Crippen LogP contribution in [0.5, 0.6) is 5.75 Å². The van der Waals surface area contributed by atoms with Crippen LogP contribution in [-0.4, -0.2) is 41.1 Å². The molecule has 0 aromatic heterocycles. The van der Waals surface area contributed by atoms with Crippen LogP contribution in [0.2, 0.25) is 5.02 Å². The van der Waals surface area contributed by atoms with Gasteiger partial charge >= 0.3 is 0 Å². The van der Waals surface area contributed by atoms with E-state index < -0.39 is 4.92 Å². The van der Waals surface area contributed by atoms with E-state index in [4.69, 9.17) is 11.6 Å². The zero-order valence-electron chi connectivity index (χ0n) is 12.5. The van der Waals surface area contributed by atoms with Crippen LogP contribution in [0.1, 0.15) is 24.9 Å². The van der Waals surface area contributed by atoms with Crippen molar-refractivity contribution in [1.29, 1.82) is 0 Å². The summed E-state index contributed by atoms with van der Waals surface area (Å²) < 4.78 is 0. The number of piperazine rings is 1. The van der Waals surface area contributed by atoms with Gasteiger partial charge in [0.2, 0.25) is 0 Å². The number of nitro benzene ring substituents is 1. The van der Waals surface area contributed by atoms with E-state index in [-0.39, 0.29) is 28.1 Å². The highest BCUT2D eigenvalue weighted by Gasteiger charge is 2.32. The largest absolute Gasteiger partial charge is 0.506 e.